The predicted molar refractivity (Wildman–Crippen MR) is 203 cm³/mol. The highest BCUT2D eigenvalue weighted by molar-refractivity contribution is 7.99. The summed E-state index contributed by atoms with van der Waals surface area (Å²) in [5.41, 5.74) is 4.39. The zero-order valence-corrected chi connectivity index (χ0v) is 31.0. The van der Waals surface area contributed by atoms with Crippen LogP contribution in [-0.2, 0) is 28.3 Å². The molecule has 0 spiro atoms. The molecule has 2 fully saturated rings. The first-order valence-corrected chi connectivity index (χ1v) is 19.4. The number of rotatable bonds is 20. The minimum Gasteiger partial charge on any atom is -0.490 e. The van der Waals surface area contributed by atoms with Crippen LogP contribution in [0.25, 0.3) is 11.1 Å². The number of benzene rings is 3. The van der Waals surface area contributed by atoms with Gasteiger partial charge in [0.2, 0.25) is 5.91 Å². The fourth-order valence-corrected chi connectivity index (χ4v) is 7.34. The van der Waals surface area contributed by atoms with E-state index in [9.17, 15) is 25.2 Å². The van der Waals surface area contributed by atoms with Crippen LogP contribution in [0, 0.1) is 0 Å². The molecule has 282 valence electrons. The van der Waals surface area contributed by atoms with Crippen LogP contribution in [-0.4, -0.2) is 90.7 Å². The van der Waals surface area contributed by atoms with Gasteiger partial charge < -0.3 is 39.9 Å². The fourth-order valence-electron chi connectivity index (χ4n) is 6.25. The highest BCUT2D eigenvalue weighted by atomic mass is 35.5. The predicted octanol–water partition coefficient (Wildman–Crippen LogP) is 5.49. The van der Waals surface area contributed by atoms with E-state index in [1.54, 1.807) is 18.0 Å². The number of nitrogens with zero attached hydrogens (tertiary/aromatic N) is 2. The Labute approximate surface area is 319 Å². The summed E-state index contributed by atoms with van der Waals surface area (Å²) in [4.78, 5) is 20.3. The van der Waals surface area contributed by atoms with Gasteiger partial charge in [-0.25, -0.2) is 0 Å². The molecule has 2 aliphatic carbocycles. The Bertz CT molecular complexity index is 1810. The number of para-hydroxylation sites is 1. The lowest BCUT2D eigenvalue weighted by atomic mass is 9.96. The number of aliphatic hydroxyl groups is 5. The second-order valence-corrected chi connectivity index (χ2v) is 15.4. The van der Waals surface area contributed by atoms with E-state index < -0.39 is 36.6 Å². The molecule has 4 aromatic rings. The second kappa shape index (κ2) is 18.2. The van der Waals surface area contributed by atoms with Crippen LogP contribution in [0.3, 0.4) is 0 Å². The number of aliphatic hydroxyl groups excluding tert-OH is 5. The number of ether oxygens (including phenoxy) is 2. The standard InChI is InChI=1S/C41H47ClN2O8S/c42-34-15-14-30(53-20-6-11-38(48)44(23-27-7-2-1-3-8-27)24-35(46)39(49)40(50)36(47)25-45)21-28(34)26-51-41(17-18-41)33-22-43-19-16-31(33)32-9-4-5-10-37(32)52-29-12-13-29/h1-5,7-10,14-16,19,21-22,29,35-36,39-40,45-47,49-50H,6,11-13,17-18,20,23-26H2. The number of halogens is 1. The Morgan fingerprint density at radius 3 is 2.42 bits per heavy atom. The molecule has 0 bridgehead atoms. The van der Waals surface area contributed by atoms with E-state index in [1.165, 1.54) is 4.90 Å². The number of carbonyl (C=O) groups is 1. The molecule has 12 heteroatoms. The van der Waals surface area contributed by atoms with Gasteiger partial charge in [-0.1, -0.05) is 60.1 Å². The SMILES string of the molecule is O=C(CCCSc1ccc(Cl)c(COC2(c3cnccc3-c3ccccc3OC3CC3)CC2)c1)N(Cc1ccccc1)CC(O)C(O)C(O)C(O)CO. The summed E-state index contributed by atoms with van der Waals surface area (Å²) in [6.45, 7) is -0.525. The smallest absolute Gasteiger partial charge is 0.222 e. The number of pyridine rings is 1. The van der Waals surface area contributed by atoms with E-state index >= 15 is 0 Å². The van der Waals surface area contributed by atoms with Crippen molar-refractivity contribution in [2.45, 2.75) is 92.7 Å². The monoisotopic (exact) mass is 762 g/mol. The normalized spacial score (nSPS) is 17.1. The number of carbonyl (C=O) groups excluding carboxylic acids is 1. The van der Waals surface area contributed by atoms with Crippen molar-refractivity contribution in [1.82, 2.24) is 9.88 Å². The highest BCUT2D eigenvalue weighted by Crippen LogP contribution is 2.53. The van der Waals surface area contributed by atoms with Crippen LogP contribution in [0.4, 0.5) is 0 Å². The molecule has 0 aliphatic heterocycles. The van der Waals surface area contributed by atoms with Crippen molar-refractivity contribution in [3.63, 3.8) is 0 Å². The zero-order chi connectivity index (χ0) is 37.4. The third-order valence-corrected chi connectivity index (χ3v) is 11.1. The minimum absolute atomic E-state index is 0.193. The maximum absolute atomic E-state index is 13.4. The average molecular weight is 763 g/mol. The van der Waals surface area contributed by atoms with Gasteiger partial charge in [-0.05, 0) is 84.9 Å². The molecule has 1 aromatic heterocycles. The van der Waals surface area contributed by atoms with Crippen molar-refractivity contribution in [2.75, 3.05) is 18.9 Å². The largest absolute Gasteiger partial charge is 0.490 e. The van der Waals surface area contributed by atoms with E-state index in [0.29, 0.717) is 23.8 Å². The summed E-state index contributed by atoms with van der Waals surface area (Å²) in [7, 11) is 0. The fraction of sp³-hybridized carbons (Fsp3) is 0.415. The van der Waals surface area contributed by atoms with Gasteiger partial charge in [0.1, 0.15) is 30.2 Å². The van der Waals surface area contributed by atoms with Gasteiger partial charge in [-0.2, -0.15) is 0 Å². The Morgan fingerprint density at radius 2 is 1.68 bits per heavy atom. The zero-order valence-electron chi connectivity index (χ0n) is 29.5. The summed E-state index contributed by atoms with van der Waals surface area (Å²) in [5.74, 6) is 1.29. The third kappa shape index (κ3) is 10.4. The molecule has 53 heavy (non-hydrogen) atoms. The van der Waals surface area contributed by atoms with Gasteiger partial charge in [0.05, 0.1) is 24.9 Å². The Morgan fingerprint density at radius 1 is 0.943 bits per heavy atom. The molecule has 3 aromatic carbocycles. The number of aromatic nitrogens is 1. The van der Waals surface area contributed by atoms with Crippen molar-refractivity contribution >= 4 is 29.3 Å². The molecule has 2 aliphatic rings. The van der Waals surface area contributed by atoms with Crippen molar-refractivity contribution in [2.24, 2.45) is 0 Å². The van der Waals surface area contributed by atoms with Crippen molar-refractivity contribution in [1.29, 1.82) is 0 Å². The van der Waals surface area contributed by atoms with Gasteiger partial charge in [-0.15, -0.1) is 11.8 Å². The van der Waals surface area contributed by atoms with Crippen LogP contribution in [0.1, 0.15) is 55.2 Å². The Hall–Kier alpha value is -3.52. The maximum Gasteiger partial charge on any atom is 0.222 e. The van der Waals surface area contributed by atoms with Crippen molar-refractivity contribution in [3.8, 4) is 16.9 Å². The van der Waals surface area contributed by atoms with Crippen LogP contribution in [0.5, 0.6) is 5.75 Å². The molecule has 4 unspecified atom stereocenters. The minimum atomic E-state index is -1.77. The van der Waals surface area contributed by atoms with E-state index in [0.717, 1.165) is 64.1 Å². The molecular weight excluding hydrogens is 716 g/mol. The second-order valence-electron chi connectivity index (χ2n) is 13.8. The summed E-state index contributed by atoms with van der Waals surface area (Å²) < 4.78 is 12.9. The Kier molecular flexibility index (Phi) is 13.5. The van der Waals surface area contributed by atoms with Crippen LogP contribution in [0.15, 0.2) is 96.2 Å². The number of amides is 1. The van der Waals surface area contributed by atoms with Crippen LogP contribution < -0.4 is 4.74 Å². The first-order chi connectivity index (χ1) is 25.7. The number of hydrogen-bond donors (Lipinski definition) is 5. The summed E-state index contributed by atoms with van der Waals surface area (Å²) in [5, 5.41) is 50.5. The molecule has 10 nitrogen and oxygen atoms in total. The van der Waals surface area contributed by atoms with Gasteiger partial charge >= 0.3 is 0 Å². The topological polar surface area (TPSA) is 153 Å². The lowest BCUT2D eigenvalue weighted by molar-refractivity contribution is -0.140. The molecule has 6 rings (SSSR count). The lowest BCUT2D eigenvalue weighted by Gasteiger charge is -2.30. The van der Waals surface area contributed by atoms with E-state index in [1.807, 2.05) is 79.0 Å². The summed E-state index contributed by atoms with van der Waals surface area (Å²) >= 11 is 8.26. The Balaban J connectivity index is 1.05. The lowest BCUT2D eigenvalue weighted by Crippen LogP contribution is -2.50. The van der Waals surface area contributed by atoms with Gasteiger partial charge in [0.15, 0.2) is 0 Å². The first kappa shape index (κ1) is 39.2. The quantitative estimate of drug-likeness (QED) is 0.0578. The molecule has 0 saturated heterocycles. The van der Waals surface area contributed by atoms with Crippen LogP contribution in [0.2, 0.25) is 5.02 Å². The maximum atomic E-state index is 13.4. The third-order valence-electron chi connectivity index (χ3n) is 9.64. The molecule has 5 N–H and O–H groups in total. The number of hydrogen-bond acceptors (Lipinski definition) is 10. The molecule has 1 heterocycles. The molecule has 4 atom stereocenters. The summed E-state index contributed by atoms with van der Waals surface area (Å²) in [6, 6.07) is 25.3. The number of thioether (sulfide) groups is 1. The molecule has 1 amide bonds. The summed E-state index contributed by atoms with van der Waals surface area (Å²) in [6.07, 6.45) is 1.95. The molecule has 2 saturated carbocycles. The average Bonchev–Trinajstić information content (AvgIpc) is 4.13. The molecule has 0 radical (unpaired) electrons. The van der Waals surface area contributed by atoms with E-state index in [4.69, 9.17) is 26.2 Å². The highest BCUT2D eigenvalue weighted by Gasteiger charge is 2.48. The van der Waals surface area contributed by atoms with Gasteiger partial charge in [0, 0.05) is 52.9 Å². The van der Waals surface area contributed by atoms with E-state index in [2.05, 4.69) is 11.1 Å². The molecular formula is C41H47ClN2O8S. The van der Waals surface area contributed by atoms with Crippen molar-refractivity contribution < 1.29 is 39.8 Å². The first-order valence-electron chi connectivity index (χ1n) is 18.1. The van der Waals surface area contributed by atoms with E-state index in [-0.39, 0.29) is 31.5 Å². The van der Waals surface area contributed by atoms with Gasteiger partial charge in [-0.3, -0.25) is 9.78 Å². The van der Waals surface area contributed by atoms with Crippen LogP contribution >= 0.6 is 23.4 Å². The van der Waals surface area contributed by atoms with Gasteiger partial charge in [0.25, 0.3) is 0 Å². The van der Waals surface area contributed by atoms with Crippen molar-refractivity contribution in [3.05, 3.63) is 113 Å².